The van der Waals surface area contributed by atoms with Crippen molar-refractivity contribution in [3.63, 3.8) is 0 Å². The van der Waals surface area contributed by atoms with Crippen molar-refractivity contribution in [2.45, 2.75) is 19.0 Å². The van der Waals surface area contributed by atoms with Gasteiger partial charge in [-0.1, -0.05) is 0 Å². The lowest BCUT2D eigenvalue weighted by molar-refractivity contribution is -0.149. The molecule has 0 spiro atoms. The lowest BCUT2D eigenvalue weighted by Crippen LogP contribution is -2.38. The highest BCUT2D eigenvalue weighted by Crippen LogP contribution is 2.31. The van der Waals surface area contributed by atoms with Crippen molar-refractivity contribution in [2.75, 3.05) is 13.1 Å². The number of halogens is 2. The Kier molecular flexibility index (Phi) is 3.16. The molecular formula is C15H13F2NO4. The summed E-state index contributed by atoms with van der Waals surface area (Å²) >= 11 is 0. The van der Waals surface area contributed by atoms with Crippen molar-refractivity contribution in [1.29, 1.82) is 0 Å². The van der Waals surface area contributed by atoms with Gasteiger partial charge in [0.15, 0.2) is 5.76 Å². The summed E-state index contributed by atoms with van der Waals surface area (Å²) < 4.78 is 32.7. The molecule has 2 aromatic rings. The van der Waals surface area contributed by atoms with Gasteiger partial charge in [0, 0.05) is 23.9 Å². The second-order valence-electron chi connectivity index (χ2n) is 5.44. The van der Waals surface area contributed by atoms with Crippen LogP contribution in [0.2, 0.25) is 0 Å². The number of benzene rings is 1. The first-order valence-electron chi connectivity index (χ1n) is 6.72. The molecule has 0 radical (unpaired) electrons. The highest BCUT2D eigenvalue weighted by atomic mass is 19.1. The van der Waals surface area contributed by atoms with E-state index in [1.165, 1.54) is 18.2 Å². The van der Waals surface area contributed by atoms with E-state index in [1.54, 1.807) is 6.92 Å². The predicted octanol–water partition coefficient (Wildman–Crippen LogP) is 2.52. The first-order chi connectivity index (χ1) is 10.3. The third kappa shape index (κ3) is 2.13. The number of carboxylic acids is 1. The Morgan fingerprint density at radius 3 is 2.77 bits per heavy atom. The van der Waals surface area contributed by atoms with Gasteiger partial charge in [-0.15, -0.1) is 0 Å². The topological polar surface area (TPSA) is 70.8 Å². The summed E-state index contributed by atoms with van der Waals surface area (Å²) in [5.74, 6) is -2.64. The Morgan fingerprint density at radius 1 is 1.41 bits per heavy atom. The number of furan rings is 1. The number of alkyl halides is 1. The Labute approximate surface area is 124 Å². The molecule has 1 aromatic heterocycles. The molecular weight excluding hydrogens is 296 g/mol. The van der Waals surface area contributed by atoms with Crippen LogP contribution in [0.5, 0.6) is 0 Å². The summed E-state index contributed by atoms with van der Waals surface area (Å²) in [6, 6.07) is 3.88. The predicted molar refractivity (Wildman–Crippen MR) is 72.9 cm³/mol. The molecule has 1 unspecified atom stereocenters. The number of carbonyl (C=O) groups is 2. The van der Waals surface area contributed by atoms with E-state index < -0.39 is 29.9 Å². The van der Waals surface area contributed by atoms with E-state index in [1.807, 2.05) is 0 Å². The normalized spacial score (nSPS) is 21.5. The Hall–Kier alpha value is -2.44. The number of carboxylic acid groups (broad SMARTS) is 1. The number of nitrogens with zero attached hydrogens (tertiary/aromatic N) is 1. The number of amides is 1. The van der Waals surface area contributed by atoms with Crippen LogP contribution in [0.4, 0.5) is 8.78 Å². The van der Waals surface area contributed by atoms with Gasteiger partial charge < -0.3 is 14.4 Å². The average molecular weight is 309 g/mol. The van der Waals surface area contributed by atoms with Crippen LogP contribution in [0.3, 0.4) is 0 Å². The molecule has 0 saturated carbocycles. The first-order valence-corrected chi connectivity index (χ1v) is 6.72. The van der Waals surface area contributed by atoms with Crippen molar-refractivity contribution in [2.24, 2.45) is 0 Å². The average Bonchev–Trinajstić information content (AvgIpc) is 3.01. The molecule has 1 amide bonds. The molecule has 1 atom stereocenters. The monoisotopic (exact) mass is 309 g/mol. The fourth-order valence-corrected chi connectivity index (χ4v) is 2.66. The quantitative estimate of drug-likeness (QED) is 0.925. The van der Waals surface area contributed by atoms with Crippen molar-refractivity contribution in [3.8, 4) is 0 Å². The minimum Gasteiger partial charge on any atom is -0.479 e. The minimum atomic E-state index is -2.43. The van der Waals surface area contributed by atoms with Gasteiger partial charge >= 0.3 is 5.97 Å². The van der Waals surface area contributed by atoms with Crippen LogP contribution in [0, 0.1) is 12.7 Å². The second kappa shape index (κ2) is 4.79. The fourth-order valence-electron chi connectivity index (χ4n) is 2.66. The molecule has 2 heterocycles. The number of fused-ring (bicyclic) bond motifs is 1. The molecule has 1 aromatic carbocycles. The lowest BCUT2D eigenvalue weighted by atomic mass is 10.1. The summed E-state index contributed by atoms with van der Waals surface area (Å²) in [5, 5.41) is 9.33. The van der Waals surface area contributed by atoms with E-state index in [0.717, 1.165) is 4.90 Å². The van der Waals surface area contributed by atoms with Crippen LogP contribution in [-0.4, -0.2) is 40.6 Å². The fraction of sp³-hybridized carbons (Fsp3) is 0.333. The lowest BCUT2D eigenvalue weighted by Gasteiger charge is -2.16. The van der Waals surface area contributed by atoms with Gasteiger partial charge in [0.2, 0.25) is 5.67 Å². The van der Waals surface area contributed by atoms with Gasteiger partial charge in [0.1, 0.15) is 11.4 Å². The molecule has 1 aliphatic rings. The van der Waals surface area contributed by atoms with Crippen molar-refractivity contribution in [1.82, 2.24) is 4.90 Å². The molecule has 5 nitrogen and oxygen atoms in total. The first kappa shape index (κ1) is 14.5. The number of hydrogen-bond acceptors (Lipinski definition) is 3. The summed E-state index contributed by atoms with van der Waals surface area (Å²) in [6.07, 6.45) is -0.262. The largest absolute Gasteiger partial charge is 0.479 e. The van der Waals surface area contributed by atoms with Gasteiger partial charge in [-0.2, -0.15) is 0 Å². The Balaban J connectivity index is 1.94. The van der Waals surface area contributed by atoms with Crippen LogP contribution >= 0.6 is 0 Å². The Morgan fingerprint density at radius 2 is 2.14 bits per heavy atom. The number of carbonyl (C=O) groups excluding carboxylic acids is 1. The summed E-state index contributed by atoms with van der Waals surface area (Å²) in [6.45, 7) is 1.08. The summed E-state index contributed by atoms with van der Waals surface area (Å²) in [7, 11) is 0. The van der Waals surface area contributed by atoms with E-state index in [2.05, 4.69) is 0 Å². The van der Waals surface area contributed by atoms with E-state index in [9.17, 15) is 18.4 Å². The number of rotatable bonds is 2. The number of aliphatic carboxylic acids is 1. The molecule has 1 fully saturated rings. The van der Waals surface area contributed by atoms with Crippen LogP contribution in [0.25, 0.3) is 11.0 Å². The van der Waals surface area contributed by atoms with Crippen LogP contribution in [-0.2, 0) is 4.79 Å². The highest BCUT2D eigenvalue weighted by Gasteiger charge is 2.47. The molecule has 1 aliphatic heterocycles. The van der Waals surface area contributed by atoms with Crippen LogP contribution in [0.15, 0.2) is 22.6 Å². The van der Waals surface area contributed by atoms with Crippen LogP contribution < -0.4 is 0 Å². The third-order valence-electron chi connectivity index (χ3n) is 3.98. The van der Waals surface area contributed by atoms with E-state index in [0.29, 0.717) is 16.5 Å². The van der Waals surface area contributed by atoms with E-state index in [4.69, 9.17) is 9.52 Å². The third-order valence-corrected chi connectivity index (χ3v) is 3.98. The SMILES string of the molecule is Cc1c(C(=O)N2CCC(F)(C(=O)O)C2)oc2ccc(F)cc12. The maximum atomic E-state index is 14.0. The maximum Gasteiger partial charge on any atom is 0.343 e. The summed E-state index contributed by atoms with van der Waals surface area (Å²) in [4.78, 5) is 24.4. The summed E-state index contributed by atoms with van der Waals surface area (Å²) in [5.41, 5.74) is -1.63. The molecule has 0 bridgehead atoms. The van der Waals surface area contributed by atoms with E-state index in [-0.39, 0.29) is 18.7 Å². The zero-order chi connectivity index (χ0) is 16.1. The molecule has 22 heavy (non-hydrogen) atoms. The smallest absolute Gasteiger partial charge is 0.343 e. The standard InChI is InChI=1S/C15H13F2NO4/c1-8-10-6-9(16)2-3-11(10)22-12(8)13(19)18-5-4-15(17,7-18)14(20)21/h2-3,6H,4-5,7H2,1H3,(H,20,21). The van der Waals surface area contributed by atoms with Crippen molar-refractivity contribution in [3.05, 3.63) is 35.3 Å². The molecule has 3 rings (SSSR count). The molecule has 0 aliphatic carbocycles. The van der Waals surface area contributed by atoms with Crippen molar-refractivity contribution < 1.29 is 27.9 Å². The molecule has 7 heteroatoms. The van der Waals surface area contributed by atoms with Gasteiger partial charge in [0.25, 0.3) is 5.91 Å². The molecule has 1 saturated heterocycles. The second-order valence-corrected chi connectivity index (χ2v) is 5.44. The molecule has 116 valence electrons. The van der Waals surface area contributed by atoms with Crippen LogP contribution in [0.1, 0.15) is 22.5 Å². The zero-order valence-corrected chi connectivity index (χ0v) is 11.7. The highest BCUT2D eigenvalue weighted by molar-refractivity contribution is 5.99. The van der Waals surface area contributed by atoms with Gasteiger partial charge in [-0.3, -0.25) is 4.79 Å². The maximum absolute atomic E-state index is 14.0. The van der Waals surface area contributed by atoms with Crippen molar-refractivity contribution >= 4 is 22.8 Å². The Bertz CT molecular complexity index is 785. The number of hydrogen-bond donors (Lipinski definition) is 1. The zero-order valence-electron chi connectivity index (χ0n) is 11.7. The minimum absolute atomic E-state index is 0.00746. The van der Waals surface area contributed by atoms with Gasteiger partial charge in [0.05, 0.1) is 6.54 Å². The molecule has 1 N–H and O–H groups in total. The number of aryl methyl sites for hydroxylation is 1. The number of likely N-dealkylation sites (tertiary alicyclic amines) is 1. The van der Waals surface area contributed by atoms with Gasteiger partial charge in [-0.25, -0.2) is 13.6 Å². The van der Waals surface area contributed by atoms with Gasteiger partial charge in [-0.05, 0) is 25.1 Å². The van der Waals surface area contributed by atoms with E-state index >= 15 is 0 Å².